The summed E-state index contributed by atoms with van der Waals surface area (Å²) in [4.78, 5) is 0. The molecular weight excluding hydrogens is 240 g/mol. The highest BCUT2D eigenvalue weighted by Crippen LogP contribution is 2.28. The Hall–Kier alpha value is -1.82. The van der Waals surface area contributed by atoms with Crippen molar-refractivity contribution in [1.82, 2.24) is 0 Å². The molecule has 1 aromatic carbocycles. The normalized spacial score (nSPS) is 14.1. The zero-order chi connectivity index (χ0) is 15.1. The minimum absolute atomic E-state index is 1.06. The van der Waals surface area contributed by atoms with E-state index < -0.39 is 0 Å². The van der Waals surface area contributed by atoms with Crippen LogP contribution < -0.4 is 0 Å². The third-order valence-corrected chi connectivity index (χ3v) is 3.83. The van der Waals surface area contributed by atoms with Crippen LogP contribution >= 0.6 is 0 Å². The van der Waals surface area contributed by atoms with Gasteiger partial charge in [0.05, 0.1) is 0 Å². The molecule has 0 aliphatic heterocycles. The molecule has 0 aliphatic carbocycles. The van der Waals surface area contributed by atoms with Crippen LogP contribution in [0, 0.1) is 0 Å². The minimum Gasteiger partial charge on any atom is -0.0988 e. The summed E-state index contributed by atoms with van der Waals surface area (Å²) in [6, 6.07) is 8.66. The van der Waals surface area contributed by atoms with Gasteiger partial charge in [-0.15, -0.1) is 0 Å². The van der Waals surface area contributed by atoms with Crippen molar-refractivity contribution >= 4 is 5.57 Å². The van der Waals surface area contributed by atoms with Gasteiger partial charge in [0.15, 0.2) is 0 Å². The summed E-state index contributed by atoms with van der Waals surface area (Å²) in [6.07, 6.45) is 7.25. The fourth-order valence-electron chi connectivity index (χ4n) is 2.43. The van der Waals surface area contributed by atoms with E-state index in [0.29, 0.717) is 0 Å². The van der Waals surface area contributed by atoms with E-state index >= 15 is 0 Å². The molecule has 0 heteroatoms. The lowest BCUT2D eigenvalue weighted by molar-refractivity contribution is 1.12. The molecule has 0 bridgehead atoms. The van der Waals surface area contributed by atoms with Gasteiger partial charge in [-0.25, -0.2) is 0 Å². The molecule has 0 radical (unpaired) electrons. The molecule has 20 heavy (non-hydrogen) atoms. The van der Waals surface area contributed by atoms with Crippen LogP contribution in [0.25, 0.3) is 5.57 Å². The molecule has 0 nitrogen and oxygen atoms in total. The number of rotatable bonds is 5. The molecule has 0 saturated heterocycles. The molecule has 1 rings (SSSR count). The second kappa shape index (κ2) is 7.69. The van der Waals surface area contributed by atoms with Gasteiger partial charge in [0, 0.05) is 0 Å². The minimum atomic E-state index is 1.06. The third kappa shape index (κ3) is 3.60. The number of hydrogen-bond donors (Lipinski definition) is 0. The number of hydrogen-bond acceptors (Lipinski definition) is 0. The first kappa shape index (κ1) is 16.2. The summed E-state index contributed by atoms with van der Waals surface area (Å²) in [7, 11) is 0. The van der Waals surface area contributed by atoms with E-state index in [1.54, 1.807) is 0 Å². The van der Waals surface area contributed by atoms with Gasteiger partial charge in [0.25, 0.3) is 0 Å². The van der Waals surface area contributed by atoms with Crippen molar-refractivity contribution in [1.29, 1.82) is 0 Å². The lowest BCUT2D eigenvalue weighted by Crippen LogP contribution is -1.95. The highest BCUT2D eigenvalue weighted by molar-refractivity contribution is 5.74. The van der Waals surface area contributed by atoms with Crippen LogP contribution in [0.3, 0.4) is 0 Å². The predicted octanol–water partition coefficient (Wildman–Crippen LogP) is 6.12. The van der Waals surface area contributed by atoms with E-state index in [1.165, 1.54) is 33.4 Å². The Kier molecular flexibility index (Phi) is 6.24. The van der Waals surface area contributed by atoms with E-state index in [1.807, 2.05) is 6.08 Å². The maximum Gasteiger partial charge on any atom is -0.0192 e. The lowest BCUT2D eigenvalue weighted by atomic mass is 9.91. The zero-order valence-electron chi connectivity index (χ0n) is 13.5. The van der Waals surface area contributed by atoms with Gasteiger partial charge in [-0.3, -0.25) is 0 Å². The van der Waals surface area contributed by atoms with E-state index in [9.17, 15) is 0 Å². The molecule has 0 amide bonds. The van der Waals surface area contributed by atoms with Crippen molar-refractivity contribution in [2.75, 3.05) is 0 Å². The maximum atomic E-state index is 3.90. The van der Waals surface area contributed by atoms with E-state index in [0.717, 1.165) is 6.42 Å². The lowest BCUT2D eigenvalue weighted by Gasteiger charge is -2.14. The molecule has 1 aromatic rings. The standard InChI is InChI=1S/C20H26/c1-7-12-19(15(4)8-2)16(5)17(6)20-14-11-10-13-18(20)9-3/h7-8,10-14H,2,9H2,1,3-6H3/b12-7-,17-16-,19-15+. The summed E-state index contributed by atoms with van der Waals surface area (Å²) in [5.41, 5.74) is 7.91. The highest BCUT2D eigenvalue weighted by atomic mass is 14.1. The first-order valence-electron chi connectivity index (χ1n) is 7.28. The van der Waals surface area contributed by atoms with Gasteiger partial charge in [0.2, 0.25) is 0 Å². The Morgan fingerprint density at radius 1 is 1.15 bits per heavy atom. The fourth-order valence-corrected chi connectivity index (χ4v) is 2.43. The Balaban J connectivity index is 3.46. The Bertz CT molecular complexity index is 565. The average molecular weight is 266 g/mol. The van der Waals surface area contributed by atoms with Crippen molar-refractivity contribution in [3.05, 3.63) is 76.9 Å². The van der Waals surface area contributed by atoms with Crippen LogP contribution in [0.1, 0.15) is 45.7 Å². The Labute approximate surface area is 124 Å². The SMILES string of the molecule is C=C/C(C)=C(\C=C/C)C(/C)=C(/C)c1ccccc1CC. The van der Waals surface area contributed by atoms with Crippen LogP contribution in [0.2, 0.25) is 0 Å². The average Bonchev–Trinajstić information content (AvgIpc) is 2.50. The van der Waals surface area contributed by atoms with Crippen molar-refractivity contribution < 1.29 is 0 Å². The molecule has 0 fully saturated rings. The van der Waals surface area contributed by atoms with Gasteiger partial charge in [-0.1, -0.05) is 56.0 Å². The number of allylic oxidation sites excluding steroid dienone is 7. The molecule has 0 spiro atoms. The summed E-state index contributed by atoms with van der Waals surface area (Å²) in [6.45, 7) is 14.7. The number of aryl methyl sites for hydroxylation is 1. The van der Waals surface area contributed by atoms with Gasteiger partial charge in [0.1, 0.15) is 0 Å². The highest BCUT2D eigenvalue weighted by Gasteiger charge is 2.08. The van der Waals surface area contributed by atoms with Crippen LogP contribution in [-0.4, -0.2) is 0 Å². The smallest absolute Gasteiger partial charge is 0.0192 e. The van der Waals surface area contributed by atoms with Crippen LogP contribution in [0.5, 0.6) is 0 Å². The Morgan fingerprint density at radius 3 is 2.35 bits per heavy atom. The summed E-state index contributed by atoms with van der Waals surface area (Å²) < 4.78 is 0. The molecule has 0 heterocycles. The van der Waals surface area contributed by atoms with Gasteiger partial charge < -0.3 is 0 Å². The van der Waals surface area contributed by atoms with Crippen LogP contribution in [-0.2, 0) is 6.42 Å². The fraction of sp³-hybridized carbons (Fsp3) is 0.300. The van der Waals surface area contributed by atoms with Crippen molar-refractivity contribution in [2.24, 2.45) is 0 Å². The second-order valence-electron chi connectivity index (χ2n) is 5.06. The predicted molar refractivity (Wildman–Crippen MR) is 91.8 cm³/mol. The molecule has 0 aliphatic rings. The molecule has 0 N–H and O–H groups in total. The summed E-state index contributed by atoms with van der Waals surface area (Å²) in [5, 5.41) is 0. The summed E-state index contributed by atoms with van der Waals surface area (Å²) >= 11 is 0. The maximum absolute atomic E-state index is 3.90. The quantitative estimate of drug-likeness (QED) is 0.563. The topological polar surface area (TPSA) is 0 Å². The van der Waals surface area contributed by atoms with E-state index in [-0.39, 0.29) is 0 Å². The molecular formula is C20H26. The Morgan fingerprint density at radius 2 is 1.80 bits per heavy atom. The largest absolute Gasteiger partial charge is 0.0988 e. The van der Waals surface area contributed by atoms with Crippen LogP contribution in [0.4, 0.5) is 0 Å². The third-order valence-electron chi connectivity index (χ3n) is 3.83. The number of benzene rings is 1. The van der Waals surface area contributed by atoms with Crippen LogP contribution in [0.15, 0.2) is 65.8 Å². The van der Waals surface area contributed by atoms with E-state index in [4.69, 9.17) is 0 Å². The molecule has 0 aromatic heterocycles. The first-order valence-corrected chi connectivity index (χ1v) is 7.28. The van der Waals surface area contributed by atoms with Crippen molar-refractivity contribution in [3.8, 4) is 0 Å². The van der Waals surface area contributed by atoms with Gasteiger partial charge in [-0.05, 0) is 67.5 Å². The molecule has 0 saturated carbocycles. The van der Waals surface area contributed by atoms with E-state index in [2.05, 4.69) is 77.6 Å². The molecule has 0 unspecified atom stereocenters. The van der Waals surface area contributed by atoms with Gasteiger partial charge >= 0.3 is 0 Å². The second-order valence-corrected chi connectivity index (χ2v) is 5.06. The van der Waals surface area contributed by atoms with Gasteiger partial charge in [-0.2, -0.15) is 0 Å². The summed E-state index contributed by atoms with van der Waals surface area (Å²) in [5.74, 6) is 0. The molecule has 0 atom stereocenters. The molecule has 106 valence electrons. The monoisotopic (exact) mass is 266 g/mol. The van der Waals surface area contributed by atoms with Crippen molar-refractivity contribution in [2.45, 2.75) is 41.0 Å². The zero-order valence-corrected chi connectivity index (χ0v) is 13.5. The first-order chi connectivity index (χ1) is 9.56. The van der Waals surface area contributed by atoms with Crippen molar-refractivity contribution in [3.63, 3.8) is 0 Å².